The van der Waals surface area contributed by atoms with E-state index in [2.05, 4.69) is 4.98 Å². The van der Waals surface area contributed by atoms with Gasteiger partial charge in [-0.25, -0.2) is 0 Å². The third-order valence-electron chi connectivity index (χ3n) is 3.83. The fraction of sp³-hybridized carbons (Fsp3) is 0.200. The van der Waals surface area contributed by atoms with Crippen LogP contribution in [0.15, 0.2) is 29.3 Å². The monoisotopic (exact) mass is 486 g/mol. The van der Waals surface area contributed by atoms with Crippen LogP contribution in [-0.2, 0) is 15.9 Å². The van der Waals surface area contributed by atoms with Crippen molar-refractivity contribution in [2.24, 2.45) is 0 Å². The van der Waals surface area contributed by atoms with Crippen LogP contribution in [0, 0.1) is 10.1 Å². The molecule has 9 nitrogen and oxygen atoms in total. The largest absolute Gasteiger partial charge is 0.768 e. The lowest BCUT2D eigenvalue weighted by Crippen LogP contribution is -2.52. The molecule has 2 rings (SSSR count). The van der Waals surface area contributed by atoms with Gasteiger partial charge in [-0.1, -0.05) is 23.2 Å². The van der Waals surface area contributed by atoms with Crippen LogP contribution in [0.25, 0.3) is 11.1 Å². The zero-order valence-corrected chi connectivity index (χ0v) is 16.8. The number of aromatic nitrogens is 1. The summed E-state index contributed by atoms with van der Waals surface area (Å²) in [7, 11) is 0. The van der Waals surface area contributed by atoms with E-state index >= 15 is 0 Å². The molecule has 0 aliphatic heterocycles. The lowest BCUT2D eigenvalue weighted by molar-refractivity contribution is -0.388. The van der Waals surface area contributed by atoms with Gasteiger partial charge in [0.15, 0.2) is 0 Å². The van der Waals surface area contributed by atoms with Gasteiger partial charge >= 0.3 is 12.0 Å². The number of benzene rings is 1. The van der Waals surface area contributed by atoms with E-state index in [1.165, 1.54) is 12.1 Å². The summed E-state index contributed by atoms with van der Waals surface area (Å²) < 4.78 is 61.9. The highest BCUT2D eigenvalue weighted by Crippen LogP contribution is 2.44. The number of nitrogens with one attached hydrogen (secondary N) is 1. The molecule has 0 bridgehead atoms. The molecule has 0 fully saturated rings. The van der Waals surface area contributed by atoms with Gasteiger partial charge in [-0.15, -0.1) is 0 Å². The van der Waals surface area contributed by atoms with Crippen LogP contribution in [0.2, 0.25) is 10.0 Å². The number of nitrogens with zero attached hydrogens (tertiary/aromatic N) is 2. The van der Waals surface area contributed by atoms with Crippen molar-refractivity contribution in [2.45, 2.75) is 23.6 Å². The van der Waals surface area contributed by atoms with Crippen LogP contribution < -0.4 is 5.32 Å². The number of anilines is 1. The molecule has 1 aromatic heterocycles. The molecule has 1 heterocycles. The summed E-state index contributed by atoms with van der Waals surface area (Å²) in [5, 5.41) is 21.0. The standard InChI is InChI=1S/C15H10Cl2F3N3O6S/c1-14(25,15(18,19)20)13(24)22-11-8(30(28)29)5-7(9(16)10(11)17)6-3-2-4-21-12(6)23(26)27/h2-5,25H,1H3,(H,22,24)(H,28,29)/p-1/t14-/m1/s1. The molecule has 2 atom stereocenters. The average Bonchev–Trinajstić information content (AvgIpc) is 2.64. The lowest BCUT2D eigenvalue weighted by atomic mass is 10.0. The van der Waals surface area contributed by atoms with Crippen molar-refractivity contribution in [1.29, 1.82) is 0 Å². The van der Waals surface area contributed by atoms with Crippen molar-refractivity contribution >= 4 is 51.7 Å². The second kappa shape index (κ2) is 8.43. The molecule has 1 amide bonds. The summed E-state index contributed by atoms with van der Waals surface area (Å²) in [6, 6.07) is 3.24. The predicted molar refractivity (Wildman–Crippen MR) is 98.8 cm³/mol. The zero-order valence-electron chi connectivity index (χ0n) is 14.5. The molecule has 0 saturated heterocycles. The molecular weight excluding hydrogens is 478 g/mol. The minimum Gasteiger partial charge on any atom is -0.768 e. The summed E-state index contributed by atoms with van der Waals surface area (Å²) in [5.74, 6) is -2.73. The van der Waals surface area contributed by atoms with E-state index in [1.54, 1.807) is 5.32 Å². The molecule has 162 valence electrons. The van der Waals surface area contributed by atoms with E-state index in [-0.39, 0.29) is 18.1 Å². The second-order valence-electron chi connectivity index (χ2n) is 5.82. The van der Waals surface area contributed by atoms with Crippen LogP contribution in [0.3, 0.4) is 0 Å². The summed E-state index contributed by atoms with van der Waals surface area (Å²) in [5.41, 5.74) is -5.24. The van der Waals surface area contributed by atoms with Gasteiger partial charge in [0.2, 0.25) is 5.60 Å². The van der Waals surface area contributed by atoms with Gasteiger partial charge in [0.25, 0.3) is 5.91 Å². The number of hydrogen-bond donors (Lipinski definition) is 2. The highest BCUT2D eigenvalue weighted by Gasteiger charge is 2.56. The van der Waals surface area contributed by atoms with E-state index in [1.807, 2.05) is 0 Å². The SMILES string of the molecule is C[C@@](O)(C(=O)Nc1c(S(=O)[O-])cc(-c2cccnc2[N+](=O)[O-])c(Cl)c1Cl)C(F)(F)F. The van der Waals surface area contributed by atoms with Crippen molar-refractivity contribution in [3.63, 3.8) is 0 Å². The van der Waals surface area contributed by atoms with Gasteiger partial charge in [0, 0.05) is 5.56 Å². The van der Waals surface area contributed by atoms with E-state index < -0.39 is 60.1 Å². The van der Waals surface area contributed by atoms with Gasteiger partial charge < -0.3 is 25.1 Å². The smallest absolute Gasteiger partial charge is 0.426 e. The first-order chi connectivity index (χ1) is 13.7. The van der Waals surface area contributed by atoms with Crippen LogP contribution >= 0.6 is 23.2 Å². The highest BCUT2D eigenvalue weighted by atomic mass is 35.5. The topological polar surface area (TPSA) is 145 Å². The first-order valence-electron chi connectivity index (χ1n) is 7.51. The normalized spacial score (nSPS) is 14.7. The van der Waals surface area contributed by atoms with Crippen molar-refractivity contribution in [3.05, 3.63) is 44.6 Å². The van der Waals surface area contributed by atoms with Gasteiger partial charge in [-0.3, -0.25) is 9.00 Å². The average molecular weight is 487 g/mol. The van der Waals surface area contributed by atoms with Gasteiger partial charge in [0.1, 0.15) is 6.20 Å². The van der Waals surface area contributed by atoms with E-state index in [0.717, 1.165) is 12.3 Å². The quantitative estimate of drug-likeness (QED) is 0.373. The van der Waals surface area contributed by atoms with Crippen molar-refractivity contribution in [3.8, 4) is 11.1 Å². The Morgan fingerprint density at radius 3 is 2.40 bits per heavy atom. The maximum Gasteiger partial charge on any atom is 0.426 e. The Morgan fingerprint density at radius 2 is 1.90 bits per heavy atom. The first kappa shape index (κ1) is 24.0. The molecule has 1 aromatic carbocycles. The molecule has 2 N–H and O–H groups in total. The number of nitro groups is 1. The molecule has 0 spiro atoms. The number of pyridine rings is 1. The molecule has 0 aliphatic rings. The van der Waals surface area contributed by atoms with Crippen molar-refractivity contribution in [1.82, 2.24) is 4.98 Å². The molecule has 15 heteroatoms. The number of rotatable bonds is 5. The Morgan fingerprint density at radius 1 is 1.30 bits per heavy atom. The Labute approximate surface area is 178 Å². The van der Waals surface area contributed by atoms with Crippen molar-refractivity contribution < 1.29 is 36.8 Å². The van der Waals surface area contributed by atoms with Gasteiger partial charge in [-0.05, 0) is 46.1 Å². The predicted octanol–water partition coefficient (Wildman–Crippen LogP) is 3.45. The molecule has 1 unspecified atom stereocenters. The number of carbonyl (C=O) groups excluding carboxylic acids is 1. The molecule has 0 aliphatic carbocycles. The van der Waals surface area contributed by atoms with E-state index in [9.17, 15) is 41.9 Å². The number of carbonyl (C=O) groups is 1. The Bertz CT molecular complexity index is 1060. The number of amides is 1. The van der Waals surface area contributed by atoms with Gasteiger partial charge in [-0.2, -0.15) is 13.2 Å². The minimum absolute atomic E-state index is 0.152. The minimum atomic E-state index is -5.39. The molecule has 30 heavy (non-hydrogen) atoms. The summed E-state index contributed by atoms with van der Waals surface area (Å²) in [6.45, 7) is 0.152. The highest BCUT2D eigenvalue weighted by molar-refractivity contribution is 7.79. The first-order valence-corrected chi connectivity index (χ1v) is 9.34. The number of hydrogen-bond acceptors (Lipinski definition) is 7. The third-order valence-corrected chi connectivity index (χ3v) is 5.38. The Hall–Kier alpha value is -2.32. The van der Waals surface area contributed by atoms with Crippen LogP contribution in [0.1, 0.15) is 6.92 Å². The Kier molecular flexibility index (Phi) is 6.73. The summed E-state index contributed by atoms with van der Waals surface area (Å²) in [6.07, 6.45) is -4.29. The Balaban J connectivity index is 2.70. The van der Waals surface area contributed by atoms with Crippen molar-refractivity contribution in [2.75, 3.05) is 5.32 Å². The van der Waals surface area contributed by atoms with E-state index in [4.69, 9.17) is 23.2 Å². The number of halogens is 5. The van der Waals surface area contributed by atoms with Gasteiger partial charge in [0.05, 0.1) is 26.2 Å². The van der Waals surface area contributed by atoms with E-state index in [0.29, 0.717) is 0 Å². The lowest BCUT2D eigenvalue weighted by Gasteiger charge is -2.26. The zero-order chi connectivity index (χ0) is 23.0. The molecule has 0 radical (unpaired) electrons. The summed E-state index contributed by atoms with van der Waals surface area (Å²) >= 11 is 8.83. The maximum atomic E-state index is 12.9. The van der Waals surface area contributed by atoms with Crippen LogP contribution in [0.5, 0.6) is 0 Å². The fourth-order valence-electron chi connectivity index (χ4n) is 2.16. The maximum absolute atomic E-state index is 12.9. The van der Waals surface area contributed by atoms with Crippen LogP contribution in [-0.4, -0.2) is 41.5 Å². The number of alkyl halides is 3. The third kappa shape index (κ3) is 4.39. The number of aliphatic hydroxyl groups is 1. The summed E-state index contributed by atoms with van der Waals surface area (Å²) in [4.78, 5) is 25.0. The molecule has 2 aromatic rings. The second-order valence-corrected chi connectivity index (χ2v) is 7.48. The molecule has 0 saturated carbocycles. The van der Waals surface area contributed by atoms with Crippen LogP contribution in [0.4, 0.5) is 24.7 Å². The molecular formula is C15H9Cl2F3N3O6S-. The fourth-order valence-corrected chi connectivity index (χ4v) is 3.25.